The fourth-order valence-corrected chi connectivity index (χ4v) is 1.09. The maximum Gasteiger partial charge on any atom is 0.294 e. The van der Waals surface area contributed by atoms with E-state index in [4.69, 9.17) is 4.55 Å². The van der Waals surface area contributed by atoms with Gasteiger partial charge in [0.1, 0.15) is 0 Å². The molecule has 1 aromatic rings. The molecule has 0 aliphatic heterocycles. The molecule has 0 aliphatic rings. The molecule has 0 saturated carbocycles. The van der Waals surface area contributed by atoms with Crippen molar-refractivity contribution in [2.75, 3.05) is 0 Å². The highest BCUT2D eigenvalue weighted by Crippen LogP contribution is 2.05. The van der Waals surface area contributed by atoms with Crippen LogP contribution in [0.3, 0.4) is 0 Å². The largest absolute Gasteiger partial charge is 0.294 e. The summed E-state index contributed by atoms with van der Waals surface area (Å²) in [5, 5.41) is 0. The Bertz CT molecular complexity index is 306. The molecule has 0 bridgehead atoms. The van der Waals surface area contributed by atoms with Gasteiger partial charge in [-0.1, -0.05) is 18.2 Å². The Balaban J connectivity index is 0.000001000. The Morgan fingerprint density at radius 3 is 1.82 bits per heavy atom. The molecule has 0 spiro atoms. The molecule has 60 valence electrons. The van der Waals surface area contributed by atoms with E-state index in [-0.39, 0.29) is 22.3 Å². The van der Waals surface area contributed by atoms with E-state index in [1.165, 1.54) is 12.1 Å². The van der Waals surface area contributed by atoms with Gasteiger partial charge in [0, 0.05) is 0 Å². The maximum atomic E-state index is 10.4. The van der Waals surface area contributed by atoms with Crippen molar-refractivity contribution in [2.24, 2.45) is 0 Å². The van der Waals surface area contributed by atoms with Gasteiger partial charge in [0.2, 0.25) is 0 Å². The summed E-state index contributed by atoms with van der Waals surface area (Å²) in [4.78, 5) is -0.0741. The van der Waals surface area contributed by atoms with E-state index in [9.17, 15) is 8.42 Å². The van der Waals surface area contributed by atoms with Gasteiger partial charge < -0.3 is 0 Å². The van der Waals surface area contributed by atoms with Crippen LogP contribution in [0.5, 0.6) is 0 Å². The van der Waals surface area contributed by atoms with E-state index >= 15 is 0 Å². The van der Waals surface area contributed by atoms with Crippen molar-refractivity contribution in [1.82, 2.24) is 0 Å². The fourth-order valence-electron chi connectivity index (χ4n) is 0.592. The number of hydrogen-bond acceptors (Lipinski definition) is 2. The lowest BCUT2D eigenvalue weighted by Gasteiger charge is -1.92. The van der Waals surface area contributed by atoms with Crippen LogP contribution in [-0.2, 0) is 10.1 Å². The molecule has 0 fully saturated rings. The molecule has 1 aromatic carbocycles. The Morgan fingerprint density at radius 2 is 1.55 bits per heavy atom. The molecule has 11 heavy (non-hydrogen) atoms. The van der Waals surface area contributed by atoms with Gasteiger partial charge in [-0.05, 0) is 12.1 Å². The molecule has 0 saturated heterocycles. The smallest absolute Gasteiger partial charge is 0.282 e. The lowest BCUT2D eigenvalue weighted by atomic mass is 10.4. The monoisotopic (exact) mass is 188 g/mol. The van der Waals surface area contributed by atoms with Crippen LogP contribution in [0.15, 0.2) is 35.2 Å². The minimum atomic E-state index is -4.00. The second-order valence-corrected chi connectivity index (χ2v) is 3.21. The third kappa shape index (κ3) is 3.04. The summed E-state index contributed by atoms with van der Waals surface area (Å²) < 4.78 is 29.2. The zero-order valence-electron chi connectivity index (χ0n) is 5.06. The molecule has 0 aromatic heterocycles. The van der Waals surface area contributed by atoms with Gasteiger partial charge in [0.25, 0.3) is 10.1 Å². The first-order valence-corrected chi connectivity index (χ1v) is 4.07. The minimum absolute atomic E-state index is 0. The summed E-state index contributed by atoms with van der Waals surface area (Å²) in [6, 6.07) is 7.42. The van der Waals surface area contributed by atoms with Crippen molar-refractivity contribution >= 4 is 27.5 Å². The minimum Gasteiger partial charge on any atom is -0.282 e. The van der Waals surface area contributed by atoms with Crippen molar-refractivity contribution in [2.45, 2.75) is 4.90 Å². The summed E-state index contributed by atoms with van der Waals surface area (Å²) in [6.07, 6.45) is 0. The molecular weight excluding hydrogens is 179 g/mol. The first-order chi connectivity index (χ1) is 4.61. The normalized spacial score (nSPS) is 10.3. The van der Waals surface area contributed by atoms with Gasteiger partial charge in [0.05, 0.1) is 4.90 Å². The van der Waals surface area contributed by atoms with Crippen molar-refractivity contribution in [3.05, 3.63) is 30.3 Å². The molecule has 1 N–H and O–H groups in total. The maximum absolute atomic E-state index is 10.4. The topological polar surface area (TPSA) is 54.4 Å². The van der Waals surface area contributed by atoms with Crippen molar-refractivity contribution in [3.8, 4) is 0 Å². The molecule has 0 heterocycles. The zero-order chi connectivity index (χ0) is 7.61. The summed E-state index contributed by atoms with van der Waals surface area (Å²) in [7, 11) is -4.00. The average Bonchev–Trinajstić information content (AvgIpc) is 1.88. The van der Waals surface area contributed by atoms with Crippen LogP contribution in [0.1, 0.15) is 0 Å². The van der Waals surface area contributed by atoms with Crippen LogP contribution in [0.2, 0.25) is 0 Å². The first-order valence-electron chi connectivity index (χ1n) is 2.63. The highest BCUT2D eigenvalue weighted by Gasteiger charge is 2.05. The van der Waals surface area contributed by atoms with Crippen LogP contribution < -0.4 is 0 Å². The molecule has 0 atom stereocenters. The van der Waals surface area contributed by atoms with Crippen molar-refractivity contribution in [3.63, 3.8) is 0 Å². The van der Waals surface area contributed by atoms with Gasteiger partial charge >= 0.3 is 0 Å². The first kappa shape index (κ1) is 10.7. The molecule has 0 aliphatic carbocycles. The van der Waals surface area contributed by atoms with E-state index in [0.717, 1.165) is 0 Å². The molecule has 1 rings (SSSR count). The quantitative estimate of drug-likeness (QED) is 0.488. The van der Waals surface area contributed by atoms with Crippen LogP contribution in [-0.4, -0.2) is 30.3 Å². The molecular formula is C6H9AlO3S. The van der Waals surface area contributed by atoms with Crippen molar-refractivity contribution in [1.29, 1.82) is 0 Å². The lowest BCUT2D eigenvalue weighted by Crippen LogP contribution is -1.96. The summed E-state index contributed by atoms with van der Waals surface area (Å²) in [5.41, 5.74) is 0. The summed E-state index contributed by atoms with van der Waals surface area (Å²) in [6.45, 7) is 0. The molecule has 0 unspecified atom stereocenters. The van der Waals surface area contributed by atoms with Gasteiger partial charge in [-0.25, -0.2) is 0 Å². The number of rotatable bonds is 1. The van der Waals surface area contributed by atoms with Gasteiger partial charge in [-0.3, -0.25) is 4.55 Å². The highest BCUT2D eigenvalue weighted by atomic mass is 32.2. The second kappa shape index (κ2) is 3.88. The van der Waals surface area contributed by atoms with Gasteiger partial charge in [-0.15, -0.1) is 0 Å². The van der Waals surface area contributed by atoms with E-state index in [2.05, 4.69) is 0 Å². The Labute approximate surface area is 75.9 Å². The molecule has 0 radical (unpaired) electrons. The van der Waals surface area contributed by atoms with Crippen LogP contribution in [0.4, 0.5) is 0 Å². The Morgan fingerprint density at radius 1 is 1.09 bits per heavy atom. The third-order valence-electron chi connectivity index (χ3n) is 1.04. The highest BCUT2D eigenvalue weighted by molar-refractivity contribution is 7.85. The van der Waals surface area contributed by atoms with Crippen LogP contribution >= 0.6 is 0 Å². The molecule has 3 nitrogen and oxygen atoms in total. The number of hydrogen-bond donors (Lipinski definition) is 1. The Kier molecular flexibility index (Phi) is 3.77. The van der Waals surface area contributed by atoms with Crippen LogP contribution in [0, 0.1) is 0 Å². The van der Waals surface area contributed by atoms with E-state index < -0.39 is 10.1 Å². The van der Waals surface area contributed by atoms with Gasteiger partial charge in [-0.2, -0.15) is 8.42 Å². The predicted octanol–water partition coefficient (Wildman–Crippen LogP) is -0.251. The van der Waals surface area contributed by atoms with E-state index in [1.54, 1.807) is 18.2 Å². The average molecular weight is 188 g/mol. The summed E-state index contributed by atoms with van der Waals surface area (Å²) >= 11 is 0. The van der Waals surface area contributed by atoms with Crippen LogP contribution in [0.25, 0.3) is 0 Å². The third-order valence-corrected chi connectivity index (χ3v) is 1.91. The van der Waals surface area contributed by atoms with E-state index in [0.29, 0.717) is 0 Å². The SMILES string of the molecule is O=S(=O)(O)c1ccccc1.[AlH3]. The van der Waals surface area contributed by atoms with Crippen molar-refractivity contribution < 1.29 is 13.0 Å². The Hall–Kier alpha value is -0.338. The fraction of sp³-hybridized carbons (Fsp3) is 0. The number of benzene rings is 1. The standard InChI is InChI=1S/C6H6O3S.Al.3H/c7-10(8,9)6-4-2-1-3-5-6;;;;/h1-5H,(H,7,8,9);;;;. The lowest BCUT2D eigenvalue weighted by molar-refractivity contribution is 0.483. The predicted molar refractivity (Wildman–Crippen MR) is 46.2 cm³/mol. The van der Waals surface area contributed by atoms with Gasteiger partial charge in [0.15, 0.2) is 17.4 Å². The zero-order valence-corrected chi connectivity index (χ0v) is 5.88. The second-order valence-electron chi connectivity index (χ2n) is 1.79. The molecule has 0 amide bonds. The molecule has 5 heteroatoms. The van der Waals surface area contributed by atoms with E-state index in [1.807, 2.05) is 0 Å². The summed E-state index contributed by atoms with van der Waals surface area (Å²) in [5.74, 6) is 0.